The van der Waals surface area contributed by atoms with Crippen molar-refractivity contribution in [2.75, 3.05) is 0 Å². The van der Waals surface area contributed by atoms with Crippen molar-refractivity contribution in [2.24, 2.45) is 0 Å². The molecular weight excluding hydrogens is 398 g/mol. The lowest BCUT2D eigenvalue weighted by Gasteiger charge is -2.02. The summed E-state index contributed by atoms with van der Waals surface area (Å²) in [5, 5.41) is 2.71. The van der Waals surface area contributed by atoms with Crippen molar-refractivity contribution in [3.8, 4) is 0 Å². The molecule has 0 unspecified atom stereocenters. The molecule has 14 heavy (non-hydrogen) atoms. The summed E-state index contributed by atoms with van der Waals surface area (Å²) < 4.78 is 2.17. The Kier molecular flexibility index (Phi) is 3.65. The fourth-order valence-electron chi connectivity index (χ4n) is 1.51. The predicted molar refractivity (Wildman–Crippen MR) is 79.4 cm³/mol. The van der Waals surface area contributed by atoms with Gasteiger partial charge in [-0.05, 0) is 21.9 Å². The Morgan fingerprint density at radius 3 is 1.64 bits per heavy atom. The second kappa shape index (κ2) is 4.79. The highest BCUT2D eigenvalue weighted by Gasteiger charge is 1.97. The maximum absolute atomic E-state index is 2.40. The number of rotatable bonds is 2. The highest BCUT2D eigenvalue weighted by atomic mass is 127. The van der Waals surface area contributed by atoms with E-state index in [4.69, 9.17) is 0 Å². The summed E-state index contributed by atoms with van der Waals surface area (Å²) in [4.78, 5) is 0. The van der Waals surface area contributed by atoms with Crippen molar-refractivity contribution in [2.45, 2.75) is 8.86 Å². The van der Waals surface area contributed by atoms with Crippen LogP contribution in [-0.4, -0.2) is 0 Å². The lowest BCUT2D eigenvalue weighted by atomic mass is 10.1. The molecule has 0 aliphatic rings. The molecule has 0 bridgehead atoms. The van der Waals surface area contributed by atoms with Crippen LogP contribution < -0.4 is 0 Å². The smallest absolute Gasteiger partial charge is 0.0247 e. The Morgan fingerprint density at radius 1 is 0.714 bits per heavy atom. The quantitative estimate of drug-likeness (QED) is 0.499. The van der Waals surface area contributed by atoms with Crippen LogP contribution in [0.4, 0.5) is 0 Å². The number of halogens is 2. The van der Waals surface area contributed by atoms with Crippen molar-refractivity contribution >= 4 is 56.0 Å². The monoisotopic (exact) mass is 408 g/mol. The molecule has 2 heteroatoms. The van der Waals surface area contributed by atoms with E-state index < -0.39 is 0 Å². The van der Waals surface area contributed by atoms with Gasteiger partial charge in [0.25, 0.3) is 0 Å². The Hall–Kier alpha value is 0.160. The molecule has 0 atom stereocenters. The molecule has 0 amide bonds. The van der Waals surface area contributed by atoms with Gasteiger partial charge in [0.15, 0.2) is 0 Å². The standard InChI is InChI=1S/C12H10I2/c13-7-9-1-3-11-4-2-10(8-14)6-12(11)5-9/h1-6H,7-8H2. The maximum Gasteiger partial charge on any atom is 0.0247 e. The predicted octanol–water partition coefficient (Wildman–Crippen LogP) is 4.71. The molecule has 0 nitrogen and oxygen atoms in total. The van der Waals surface area contributed by atoms with Gasteiger partial charge in [0.2, 0.25) is 0 Å². The van der Waals surface area contributed by atoms with Crippen molar-refractivity contribution in [1.82, 2.24) is 0 Å². The van der Waals surface area contributed by atoms with Crippen LogP contribution in [0.15, 0.2) is 36.4 Å². The fraction of sp³-hybridized carbons (Fsp3) is 0.167. The summed E-state index contributed by atoms with van der Waals surface area (Å²) in [5.74, 6) is 0. The van der Waals surface area contributed by atoms with E-state index in [2.05, 4.69) is 81.6 Å². The third-order valence-electron chi connectivity index (χ3n) is 2.28. The largest absolute Gasteiger partial charge is 0.0812 e. The number of benzene rings is 2. The summed E-state index contributed by atoms with van der Waals surface area (Å²) in [7, 11) is 0. The van der Waals surface area contributed by atoms with E-state index in [1.54, 1.807) is 0 Å². The molecule has 0 saturated heterocycles. The lowest BCUT2D eigenvalue weighted by molar-refractivity contribution is 1.45. The number of fused-ring (bicyclic) bond motifs is 1. The number of hydrogen-bond acceptors (Lipinski definition) is 0. The summed E-state index contributed by atoms with van der Waals surface area (Å²) in [6, 6.07) is 13.4. The minimum atomic E-state index is 1.09. The first-order valence-corrected chi connectivity index (χ1v) is 7.52. The van der Waals surface area contributed by atoms with Crippen LogP contribution in [0.1, 0.15) is 11.1 Å². The summed E-state index contributed by atoms with van der Waals surface area (Å²) in [5.41, 5.74) is 2.81. The van der Waals surface area contributed by atoms with Crippen molar-refractivity contribution in [1.29, 1.82) is 0 Å². The molecule has 0 saturated carbocycles. The first-order chi connectivity index (χ1) is 6.83. The van der Waals surface area contributed by atoms with Crippen LogP contribution in [0.25, 0.3) is 10.8 Å². The van der Waals surface area contributed by atoms with Crippen molar-refractivity contribution in [3.63, 3.8) is 0 Å². The topological polar surface area (TPSA) is 0 Å². The van der Waals surface area contributed by atoms with Gasteiger partial charge in [-0.3, -0.25) is 0 Å². The van der Waals surface area contributed by atoms with Crippen LogP contribution in [0.3, 0.4) is 0 Å². The molecule has 2 aromatic carbocycles. The van der Waals surface area contributed by atoms with Gasteiger partial charge in [0.05, 0.1) is 0 Å². The van der Waals surface area contributed by atoms with Gasteiger partial charge >= 0.3 is 0 Å². The lowest BCUT2D eigenvalue weighted by Crippen LogP contribution is -1.81. The van der Waals surface area contributed by atoms with Crippen molar-refractivity contribution in [3.05, 3.63) is 47.5 Å². The van der Waals surface area contributed by atoms with Gasteiger partial charge in [-0.25, -0.2) is 0 Å². The van der Waals surface area contributed by atoms with E-state index in [9.17, 15) is 0 Å². The maximum atomic E-state index is 2.40. The fourth-order valence-corrected chi connectivity index (χ4v) is 2.46. The Bertz CT molecular complexity index is 410. The molecule has 0 radical (unpaired) electrons. The van der Waals surface area contributed by atoms with E-state index in [1.165, 1.54) is 21.9 Å². The average Bonchev–Trinajstić information content (AvgIpc) is 2.27. The second-order valence-corrected chi connectivity index (χ2v) is 4.81. The van der Waals surface area contributed by atoms with Gasteiger partial charge in [-0.1, -0.05) is 81.6 Å². The summed E-state index contributed by atoms with van der Waals surface area (Å²) >= 11 is 4.80. The second-order valence-electron chi connectivity index (χ2n) is 3.28. The highest BCUT2D eigenvalue weighted by molar-refractivity contribution is 14.1. The molecule has 0 aliphatic carbocycles. The van der Waals surface area contributed by atoms with Crippen LogP contribution in [0.5, 0.6) is 0 Å². The zero-order valence-corrected chi connectivity index (χ0v) is 11.9. The highest BCUT2D eigenvalue weighted by Crippen LogP contribution is 2.20. The van der Waals surface area contributed by atoms with Crippen LogP contribution >= 0.6 is 45.2 Å². The normalized spacial score (nSPS) is 10.7. The van der Waals surface area contributed by atoms with E-state index in [0.29, 0.717) is 0 Å². The number of hydrogen-bond donors (Lipinski definition) is 0. The van der Waals surface area contributed by atoms with Crippen LogP contribution in [0.2, 0.25) is 0 Å². The third kappa shape index (κ3) is 2.21. The molecule has 2 aromatic rings. The van der Waals surface area contributed by atoms with Gasteiger partial charge in [0.1, 0.15) is 0 Å². The Morgan fingerprint density at radius 2 is 1.21 bits per heavy atom. The molecule has 0 spiro atoms. The van der Waals surface area contributed by atoms with Crippen LogP contribution in [0, 0.1) is 0 Å². The van der Waals surface area contributed by atoms with E-state index in [-0.39, 0.29) is 0 Å². The molecule has 0 aromatic heterocycles. The van der Waals surface area contributed by atoms with Crippen molar-refractivity contribution < 1.29 is 0 Å². The first-order valence-electron chi connectivity index (χ1n) is 4.47. The first kappa shape index (κ1) is 10.7. The molecule has 0 aliphatic heterocycles. The molecule has 0 N–H and O–H groups in total. The third-order valence-corrected chi connectivity index (χ3v) is 4.04. The SMILES string of the molecule is ICc1ccc2ccc(CI)cc2c1. The average molecular weight is 408 g/mol. The van der Waals surface area contributed by atoms with Gasteiger partial charge in [0, 0.05) is 8.86 Å². The molecule has 72 valence electrons. The molecule has 2 rings (SSSR count). The van der Waals surface area contributed by atoms with Crippen LogP contribution in [-0.2, 0) is 8.86 Å². The summed E-state index contributed by atoms with van der Waals surface area (Å²) in [6.07, 6.45) is 0. The van der Waals surface area contributed by atoms with Gasteiger partial charge in [-0.2, -0.15) is 0 Å². The zero-order valence-electron chi connectivity index (χ0n) is 7.63. The Labute approximate surface area is 111 Å². The molecule has 0 fully saturated rings. The van der Waals surface area contributed by atoms with E-state index >= 15 is 0 Å². The Balaban J connectivity index is 2.60. The van der Waals surface area contributed by atoms with E-state index in [1.807, 2.05) is 0 Å². The molecule has 0 heterocycles. The zero-order chi connectivity index (χ0) is 9.97. The summed E-state index contributed by atoms with van der Waals surface area (Å²) in [6.45, 7) is 0. The minimum Gasteiger partial charge on any atom is -0.0812 e. The number of alkyl halides is 2. The minimum absolute atomic E-state index is 1.09. The van der Waals surface area contributed by atoms with Gasteiger partial charge in [-0.15, -0.1) is 0 Å². The molecular formula is C12H10I2. The van der Waals surface area contributed by atoms with E-state index in [0.717, 1.165) is 8.86 Å². The van der Waals surface area contributed by atoms with Gasteiger partial charge < -0.3 is 0 Å².